The van der Waals surface area contributed by atoms with Crippen LogP contribution in [0, 0.1) is 49.4 Å². The van der Waals surface area contributed by atoms with Crippen LogP contribution in [0.5, 0.6) is 0 Å². The first-order valence-electron chi connectivity index (χ1n) is 18.9. The van der Waals surface area contributed by atoms with Crippen LogP contribution in [-0.2, 0) is 0 Å². The molecule has 4 saturated carbocycles. The Morgan fingerprint density at radius 1 is 0.523 bits per heavy atom. The Kier molecular flexibility index (Phi) is 12.9. The Morgan fingerprint density at radius 3 is 1.25 bits per heavy atom. The molecule has 6 rings (SSSR count). The third-order valence-electron chi connectivity index (χ3n) is 12.8. The molecule has 0 atom stereocenters. The number of benzene rings is 2. The molecule has 4 aliphatic carbocycles. The van der Waals surface area contributed by atoms with Crippen LogP contribution in [0.3, 0.4) is 0 Å². The highest BCUT2D eigenvalue weighted by Crippen LogP contribution is 2.45. The molecule has 248 valence electrons. The van der Waals surface area contributed by atoms with Gasteiger partial charge in [-0.25, -0.2) is 0 Å². The van der Waals surface area contributed by atoms with Crippen LogP contribution in [0.1, 0.15) is 155 Å². The SMILES string of the molecule is C=CC1CCC(C2CCC(c3ccc(C)cc3)CC2)CC1.C=CCCC1CCC(C2CCC(c3ccc(C)cc3)CC2)CC1.[HH].[HH].[HH].[HH]. The van der Waals surface area contributed by atoms with Gasteiger partial charge < -0.3 is 0 Å². The molecule has 4 aliphatic rings. The minimum atomic E-state index is 0. The zero-order chi connectivity index (χ0) is 30.7. The van der Waals surface area contributed by atoms with Crippen molar-refractivity contribution in [1.82, 2.24) is 0 Å². The van der Waals surface area contributed by atoms with Crippen molar-refractivity contribution in [2.24, 2.45) is 35.5 Å². The van der Waals surface area contributed by atoms with Gasteiger partial charge in [-0.2, -0.15) is 0 Å². The molecule has 0 unspecified atom stereocenters. The van der Waals surface area contributed by atoms with Crippen LogP contribution < -0.4 is 0 Å². The van der Waals surface area contributed by atoms with Crippen LogP contribution in [0.2, 0.25) is 0 Å². The van der Waals surface area contributed by atoms with Crippen molar-refractivity contribution in [3.8, 4) is 0 Å². The van der Waals surface area contributed by atoms with Crippen molar-refractivity contribution < 1.29 is 5.71 Å². The lowest BCUT2D eigenvalue weighted by Gasteiger charge is -2.38. The summed E-state index contributed by atoms with van der Waals surface area (Å²) in [5.41, 5.74) is 5.93. The van der Waals surface area contributed by atoms with E-state index < -0.39 is 0 Å². The van der Waals surface area contributed by atoms with Gasteiger partial charge in [0.25, 0.3) is 0 Å². The van der Waals surface area contributed by atoms with Crippen molar-refractivity contribution in [3.05, 3.63) is 96.1 Å². The standard InChI is InChI=1S/C23H34.C21H30.4H2/c1-3-4-5-19-8-12-21(13-9-19)23-16-14-22(15-17-23)20-10-6-18(2)7-11-20;1-3-17-6-10-19(11-7-17)21-14-12-20(13-15-21)18-8-4-16(2)5-9-18;;;;/h3,6-7,10-11,19,21-23H,1,4-5,8-9,12-17H2,2H3;3-5,8-9,17,19-21H,1,6-7,10-15H2,2H3;4*1H. The topological polar surface area (TPSA) is 0 Å². The molecule has 44 heavy (non-hydrogen) atoms. The lowest BCUT2D eigenvalue weighted by molar-refractivity contribution is 0.157. The fourth-order valence-corrected chi connectivity index (χ4v) is 9.68. The van der Waals surface area contributed by atoms with E-state index in [1.54, 1.807) is 11.1 Å². The van der Waals surface area contributed by atoms with Crippen LogP contribution in [0.4, 0.5) is 0 Å². The number of hydrogen-bond donors (Lipinski definition) is 0. The Bertz CT molecular complexity index is 1110. The van der Waals surface area contributed by atoms with Gasteiger partial charge in [-0.3, -0.25) is 0 Å². The van der Waals surface area contributed by atoms with E-state index in [0.29, 0.717) is 0 Å². The molecule has 2 aromatic carbocycles. The van der Waals surface area contributed by atoms with E-state index in [1.807, 2.05) is 0 Å². The molecule has 0 N–H and O–H groups in total. The second-order valence-corrected chi connectivity index (χ2v) is 15.6. The summed E-state index contributed by atoms with van der Waals surface area (Å²) in [5.74, 6) is 7.55. The van der Waals surface area contributed by atoms with Gasteiger partial charge >= 0.3 is 0 Å². The van der Waals surface area contributed by atoms with Gasteiger partial charge in [-0.05, 0) is 175 Å². The van der Waals surface area contributed by atoms with Crippen LogP contribution in [0.25, 0.3) is 0 Å². The van der Waals surface area contributed by atoms with E-state index in [-0.39, 0.29) is 5.71 Å². The third kappa shape index (κ3) is 9.47. The summed E-state index contributed by atoms with van der Waals surface area (Å²) in [4.78, 5) is 0. The molecule has 0 heteroatoms. The summed E-state index contributed by atoms with van der Waals surface area (Å²) >= 11 is 0. The van der Waals surface area contributed by atoms with E-state index >= 15 is 0 Å². The van der Waals surface area contributed by atoms with Crippen LogP contribution in [0.15, 0.2) is 73.8 Å². The molecule has 0 radical (unpaired) electrons. The molecule has 0 bridgehead atoms. The maximum atomic E-state index is 3.97. The lowest BCUT2D eigenvalue weighted by atomic mass is 9.68. The monoisotopic (exact) mass is 601 g/mol. The Hall–Kier alpha value is -2.08. The van der Waals surface area contributed by atoms with E-state index in [4.69, 9.17) is 0 Å². The third-order valence-corrected chi connectivity index (χ3v) is 12.8. The molecule has 4 fully saturated rings. The average molecular weight is 601 g/mol. The first kappa shape index (κ1) is 33.3. The molecule has 0 spiro atoms. The normalized spacial score (nSPS) is 32.6. The van der Waals surface area contributed by atoms with Crippen LogP contribution in [-0.4, -0.2) is 0 Å². The molecule has 0 amide bonds. The summed E-state index contributed by atoms with van der Waals surface area (Å²) in [6.45, 7) is 12.2. The van der Waals surface area contributed by atoms with Gasteiger partial charge in [-0.1, -0.05) is 84.7 Å². The van der Waals surface area contributed by atoms with Gasteiger partial charge in [0, 0.05) is 5.71 Å². The predicted molar refractivity (Wildman–Crippen MR) is 201 cm³/mol. The van der Waals surface area contributed by atoms with Crippen molar-refractivity contribution in [2.45, 2.75) is 141 Å². The minimum Gasteiger partial charge on any atom is -0.103 e. The quantitative estimate of drug-likeness (QED) is 0.264. The molecule has 0 heterocycles. The van der Waals surface area contributed by atoms with Crippen molar-refractivity contribution in [1.29, 1.82) is 0 Å². The van der Waals surface area contributed by atoms with Crippen molar-refractivity contribution in [2.75, 3.05) is 0 Å². The number of hydrogen-bond acceptors (Lipinski definition) is 0. The molecule has 0 saturated heterocycles. The molecule has 0 nitrogen and oxygen atoms in total. The lowest BCUT2D eigenvalue weighted by Crippen LogP contribution is -2.25. The van der Waals surface area contributed by atoms with E-state index in [9.17, 15) is 0 Å². The zero-order valence-corrected chi connectivity index (χ0v) is 28.5. The highest BCUT2D eigenvalue weighted by atomic mass is 14.4. The summed E-state index contributed by atoms with van der Waals surface area (Å²) in [6.07, 6.45) is 30.1. The minimum absolute atomic E-state index is 0. The smallest absolute Gasteiger partial charge is 0 e. The van der Waals surface area contributed by atoms with Gasteiger partial charge in [0.1, 0.15) is 0 Å². The number of aryl methyl sites for hydroxylation is 2. The summed E-state index contributed by atoms with van der Waals surface area (Å²) in [7, 11) is 0. The maximum Gasteiger partial charge on any atom is 0 e. The average Bonchev–Trinajstić information content (AvgIpc) is 3.09. The summed E-state index contributed by atoms with van der Waals surface area (Å²) in [6, 6.07) is 18.6. The van der Waals surface area contributed by atoms with Gasteiger partial charge in [0.15, 0.2) is 0 Å². The number of rotatable bonds is 8. The van der Waals surface area contributed by atoms with Crippen LogP contribution >= 0.6 is 0 Å². The summed E-state index contributed by atoms with van der Waals surface area (Å²) in [5, 5.41) is 0. The first-order chi connectivity index (χ1) is 21.5. The second-order valence-electron chi connectivity index (χ2n) is 15.6. The van der Waals surface area contributed by atoms with Gasteiger partial charge in [-0.15, -0.1) is 13.2 Å². The first-order valence-corrected chi connectivity index (χ1v) is 18.9. The molecular weight excluding hydrogens is 528 g/mol. The molecule has 0 aliphatic heterocycles. The van der Waals surface area contributed by atoms with E-state index in [2.05, 4.69) is 87.7 Å². The zero-order valence-electron chi connectivity index (χ0n) is 28.5. The largest absolute Gasteiger partial charge is 0.103 e. The van der Waals surface area contributed by atoms with E-state index in [1.165, 1.54) is 127 Å². The maximum absolute atomic E-state index is 3.97. The highest BCUT2D eigenvalue weighted by Gasteiger charge is 2.32. The molecular formula is C44H72. The Balaban J connectivity index is 0.000000444. The van der Waals surface area contributed by atoms with Crippen molar-refractivity contribution in [3.63, 3.8) is 0 Å². The second kappa shape index (κ2) is 17.0. The van der Waals surface area contributed by atoms with E-state index in [0.717, 1.165) is 47.3 Å². The Morgan fingerprint density at radius 2 is 0.886 bits per heavy atom. The fraction of sp³-hybridized carbons (Fsp3) is 0.636. The van der Waals surface area contributed by atoms with Gasteiger partial charge in [0.05, 0.1) is 0 Å². The molecule has 2 aromatic rings. The predicted octanol–water partition coefficient (Wildman–Crippen LogP) is 14.3. The van der Waals surface area contributed by atoms with Crippen molar-refractivity contribution >= 4 is 0 Å². The fourth-order valence-electron chi connectivity index (χ4n) is 9.68. The summed E-state index contributed by atoms with van der Waals surface area (Å²) < 4.78 is 0. The molecule has 0 aromatic heterocycles. The highest BCUT2D eigenvalue weighted by molar-refractivity contribution is 5.26. The Labute approximate surface area is 278 Å². The van der Waals surface area contributed by atoms with Gasteiger partial charge in [0.2, 0.25) is 0 Å². The number of allylic oxidation sites excluding steroid dienone is 2.